The molecular weight excluding hydrogens is 162 g/mol. The van der Waals surface area contributed by atoms with Crippen LogP contribution in [0.5, 0.6) is 0 Å². The van der Waals surface area contributed by atoms with Crippen LogP contribution in [0.3, 0.4) is 0 Å². The molecule has 1 unspecified atom stereocenters. The fourth-order valence-corrected chi connectivity index (χ4v) is 1.10. The maximum Gasteiger partial charge on any atom is 0.117 e. The van der Waals surface area contributed by atoms with Crippen LogP contribution in [0.25, 0.3) is 0 Å². The second kappa shape index (κ2) is 4.77. The van der Waals surface area contributed by atoms with Gasteiger partial charge in [0.2, 0.25) is 0 Å². The minimum absolute atomic E-state index is 0.135. The van der Waals surface area contributed by atoms with Gasteiger partial charge in [0.15, 0.2) is 0 Å². The van der Waals surface area contributed by atoms with Crippen LogP contribution < -0.4 is 0 Å². The first-order valence-corrected chi connectivity index (χ1v) is 4.36. The molecule has 0 aliphatic carbocycles. The predicted molar refractivity (Wildman–Crippen MR) is 53.0 cm³/mol. The lowest BCUT2D eigenvalue weighted by atomic mass is 10.1. The van der Waals surface area contributed by atoms with Crippen molar-refractivity contribution in [1.82, 2.24) is 0 Å². The van der Waals surface area contributed by atoms with Gasteiger partial charge in [0, 0.05) is 6.21 Å². The van der Waals surface area contributed by atoms with Gasteiger partial charge in [-0.15, -0.1) is 0 Å². The van der Waals surface area contributed by atoms with E-state index in [0.717, 1.165) is 5.56 Å². The molecule has 1 rings (SSSR count). The molecule has 69 valence electrons. The third-order valence-corrected chi connectivity index (χ3v) is 1.64. The van der Waals surface area contributed by atoms with E-state index in [4.69, 9.17) is 10.1 Å². The van der Waals surface area contributed by atoms with Crippen LogP contribution in [0.2, 0.25) is 0 Å². The summed E-state index contributed by atoms with van der Waals surface area (Å²) in [5, 5.41) is 7.23. The Morgan fingerprint density at radius 2 is 2.00 bits per heavy atom. The molecule has 1 radical (unpaired) electrons. The summed E-state index contributed by atoms with van der Waals surface area (Å²) >= 11 is 0. The molecule has 0 bridgehead atoms. The van der Waals surface area contributed by atoms with Crippen LogP contribution in [0.15, 0.2) is 24.3 Å². The van der Waals surface area contributed by atoms with Crippen molar-refractivity contribution in [3.05, 3.63) is 35.9 Å². The molecule has 13 heavy (non-hydrogen) atoms. The number of ether oxygens (including phenoxy) is 1. The monoisotopic (exact) mass is 176 g/mol. The minimum atomic E-state index is -0.227. The average Bonchev–Trinajstić information content (AvgIpc) is 2.15. The average molecular weight is 176 g/mol. The lowest BCUT2D eigenvalue weighted by Crippen LogP contribution is -2.11. The molecule has 0 aromatic heterocycles. The van der Waals surface area contributed by atoms with E-state index >= 15 is 0 Å². The van der Waals surface area contributed by atoms with Crippen LogP contribution in [0.4, 0.5) is 0 Å². The zero-order chi connectivity index (χ0) is 9.68. The first kappa shape index (κ1) is 9.93. The van der Waals surface area contributed by atoms with Gasteiger partial charge in [-0.25, -0.2) is 0 Å². The molecule has 0 saturated heterocycles. The van der Waals surface area contributed by atoms with Gasteiger partial charge in [-0.1, -0.05) is 24.3 Å². The van der Waals surface area contributed by atoms with Crippen LogP contribution in [0, 0.1) is 11.5 Å². The summed E-state index contributed by atoms with van der Waals surface area (Å²) in [6.45, 7) is 3.93. The van der Waals surface area contributed by atoms with E-state index in [9.17, 15) is 0 Å². The third kappa shape index (κ3) is 2.99. The van der Waals surface area contributed by atoms with Crippen molar-refractivity contribution in [2.24, 2.45) is 0 Å². The van der Waals surface area contributed by atoms with E-state index in [-0.39, 0.29) is 12.2 Å². The van der Waals surface area contributed by atoms with Crippen LogP contribution >= 0.6 is 0 Å². The molecule has 0 amide bonds. The van der Waals surface area contributed by atoms with Crippen molar-refractivity contribution >= 4 is 6.21 Å². The molecule has 0 fully saturated rings. The lowest BCUT2D eigenvalue weighted by Gasteiger charge is -2.15. The van der Waals surface area contributed by atoms with E-state index in [2.05, 4.69) is 6.07 Å². The summed E-state index contributed by atoms with van der Waals surface area (Å²) in [5.41, 5.74) is 1.00. The van der Waals surface area contributed by atoms with Gasteiger partial charge in [-0.2, -0.15) is 0 Å². The van der Waals surface area contributed by atoms with E-state index in [1.807, 2.05) is 38.1 Å². The summed E-state index contributed by atoms with van der Waals surface area (Å²) in [6, 6.07) is 10.4. The second-order valence-corrected chi connectivity index (χ2v) is 3.11. The second-order valence-electron chi connectivity index (χ2n) is 3.11. The predicted octanol–water partition coefficient (Wildman–Crippen LogP) is 2.60. The zero-order valence-corrected chi connectivity index (χ0v) is 7.95. The molecule has 0 saturated carbocycles. The quantitative estimate of drug-likeness (QED) is 0.703. The van der Waals surface area contributed by atoms with Gasteiger partial charge >= 0.3 is 0 Å². The molecule has 1 atom stereocenters. The van der Waals surface area contributed by atoms with Gasteiger partial charge in [0.25, 0.3) is 0 Å². The molecular formula is C11H14NO. The van der Waals surface area contributed by atoms with Crippen molar-refractivity contribution in [1.29, 1.82) is 5.41 Å². The number of nitrogens with one attached hydrogen (secondary N) is 1. The van der Waals surface area contributed by atoms with E-state index < -0.39 is 0 Å². The molecule has 1 aromatic carbocycles. The third-order valence-electron chi connectivity index (χ3n) is 1.64. The summed E-state index contributed by atoms with van der Waals surface area (Å²) in [7, 11) is 0. The Bertz CT molecular complexity index is 256. The topological polar surface area (TPSA) is 33.1 Å². The summed E-state index contributed by atoms with van der Waals surface area (Å²) in [4.78, 5) is 0. The van der Waals surface area contributed by atoms with Crippen LogP contribution in [-0.4, -0.2) is 12.3 Å². The van der Waals surface area contributed by atoms with E-state index in [1.165, 1.54) is 6.21 Å². The van der Waals surface area contributed by atoms with Crippen molar-refractivity contribution < 1.29 is 4.74 Å². The van der Waals surface area contributed by atoms with E-state index in [0.29, 0.717) is 0 Å². The minimum Gasteiger partial charge on any atom is -0.365 e. The number of rotatable bonds is 4. The largest absolute Gasteiger partial charge is 0.365 e. The Kier molecular flexibility index (Phi) is 3.65. The molecule has 1 aromatic rings. The highest BCUT2D eigenvalue weighted by Gasteiger charge is 2.09. The highest BCUT2D eigenvalue weighted by Crippen LogP contribution is 2.15. The highest BCUT2D eigenvalue weighted by atomic mass is 16.5. The van der Waals surface area contributed by atoms with Crippen molar-refractivity contribution in [3.8, 4) is 0 Å². The lowest BCUT2D eigenvalue weighted by molar-refractivity contribution is 0.0483. The Labute approximate surface area is 79.1 Å². The molecule has 0 aliphatic rings. The van der Waals surface area contributed by atoms with Gasteiger partial charge < -0.3 is 10.1 Å². The normalized spacial score (nSPS) is 12.8. The maximum absolute atomic E-state index is 7.23. The first-order valence-electron chi connectivity index (χ1n) is 4.36. The number of hydrogen-bond donors (Lipinski definition) is 1. The Morgan fingerprint density at radius 3 is 2.46 bits per heavy atom. The fourth-order valence-electron chi connectivity index (χ4n) is 1.10. The zero-order valence-electron chi connectivity index (χ0n) is 7.95. The maximum atomic E-state index is 7.23. The van der Waals surface area contributed by atoms with Gasteiger partial charge in [-0.3, -0.25) is 0 Å². The fraction of sp³-hybridized carbons (Fsp3) is 0.364. The van der Waals surface area contributed by atoms with Gasteiger partial charge in [0.1, 0.15) is 6.10 Å². The van der Waals surface area contributed by atoms with Crippen molar-refractivity contribution in [2.75, 3.05) is 0 Å². The molecule has 0 aliphatic heterocycles. The molecule has 2 nitrogen and oxygen atoms in total. The molecule has 1 N–H and O–H groups in total. The molecule has 2 heteroatoms. The smallest absolute Gasteiger partial charge is 0.117 e. The molecule has 0 spiro atoms. The Balaban J connectivity index is 2.73. The summed E-state index contributed by atoms with van der Waals surface area (Å²) in [6.07, 6.45) is 1.22. The SMILES string of the molecule is CC(C)OC(C=N)c1cc[c]cc1. The summed E-state index contributed by atoms with van der Waals surface area (Å²) < 4.78 is 5.53. The molecule has 0 heterocycles. The van der Waals surface area contributed by atoms with Gasteiger partial charge in [0.05, 0.1) is 6.10 Å². The van der Waals surface area contributed by atoms with Crippen LogP contribution in [-0.2, 0) is 4.74 Å². The van der Waals surface area contributed by atoms with Crippen LogP contribution in [0.1, 0.15) is 25.5 Å². The van der Waals surface area contributed by atoms with Gasteiger partial charge in [-0.05, 0) is 25.5 Å². The first-order chi connectivity index (χ1) is 6.24. The number of benzene rings is 1. The van der Waals surface area contributed by atoms with Crippen molar-refractivity contribution in [3.63, 3.8) is 0 Å². The Hall–Kier alpha value is -1.15. The highest BCUT2D eigenvalue weighted by molar-refractivity contribution is 5.62. The number of hydrogen-bond acceptors (Lipinski definition) is 2. The Morgan fingerprint density at radius 1 is 1.38 bits per heavy atom. The van der Waals surface area contributed by atoms with Crippen molar-refractivity contribution in [2.45, 2.75) is 26.1 Å². The van der Waals surface area contributed by atoms with E-state index in [1.54, 1.807) is 0 Å². The standard InChI is InChI=1S/C11H14NO/c1-9(2)13-11(8-12)10-6-4-3-5-7-10/h4-9,11-12H,1-2H3. The summed E-state index contributed by atoms with van der Waals surface area (Å²) in [5.74, 6) is 0.